The molecule has 2 aliphatic rings. The molecule has 0 unspecified atom stereocenters. The first-order valence-corrected chi connectivity index (χ1v) is 10.4. The monoisotopic (exact) mass is 417 g/mol. The second kappa shape index (κ2) is 10.5. The third-order valence-electron chi connectivity index (χ3n) is 5.44. The van der Waals surface area contributed by atoms with Crippen LogP contribution in [0.1, 0.15) is 11.1 Å². The van der Waals surface area contributed by atoms with E-state index in [4.69, 9.17) is 4.74 Å². The van der Waals surface area contributed by atoms with Gasteiger partial charge in [0.1, 0.15) is 0 Å². The van der Waals surface area contributed by atoms with E-state index in [9.17, 15) is 14.4 Å². The zero-order valence-corrected chi connectivity index (χ0v) is 17.8. The highest BCUT2D eigenvalue weighted by Gasteiger charge is 2.24. The number of amides is 4. The second-order valence-corrected chi connectivity index (χ2v) is 7.87. The Kier molecular flexibility index (Phi) is 7.78. The molecule has 2 saturated heterocycles. The predicted molar refractivity (Wildman–Crippen MR) is 113 cm³/mol. The van der Waals surface area contributed by atoms with Gasteiger partial charge in [0.15, 0.2) is 0 Å². The summed E-state index contributed by atoms with van der Waals surface area (Å²) in [5.41, 5.74) is 2.73. The Hall–Kier alpha value is -2.49. The quantitative estimate of drug-likeness (QED) is 0.722. The molecule has 0 bridgehead atoms. The van der Waals surface area contributed by atoms with Gasteiger partial charge in [-0.15, -0.1) is 0 Å². The molecule has 0 atom stereocenters. The predicted octanol–water partition coefficient (Wildman–Crippen LogP) is 0.428. The summed E-state index contributed by atoms with van der Waals surface area (Å²) >= 11 is 0. The van der Waals surface area contributed by atoms with Crippen molar-refractivity contribution in [3.63, 3.8) is 0 Å². The molecule has 4 amide bonds. The number of piperazine rings is 1. The fraction of sp³-hybridized carbons (Fsp3) is 0.571. The number of urea groups is 1. The van der Waals surface area contributed by atoms with E-state index in [-0.39, 0.29) is 18.4 Å². The number of nitrogens with one attached hydrogen (secondary N) is 2. The van der Waals surface area contributed by atoms with Gasteiger partial charge in [0.05, 0.1) is 26.3 Å². The van der Waals surface area contributed by atoms with Gasteiger partial charge in [0, 0.05) is 45.0 Å². The zero-order chi connectivity index (χ0) is 21.5. The number of rotatable bonds is 5. The molecule has 0 radical (unpaired) electrons. The van der Waals surface area contributed by atoms with Crippen molar-refractivity contribution < 1.29 is 19.1 Å². The maximum Gasteiger partial charge on any atom is 0.325 e. The number of morpholine rings is 1. The molecule has 2 aliphatic heterocycles. The van der Waals surface area contributed by atoms with E-state index in [2.05, 4.69) is 15.5 Å². The topological polar surface area (TPSA) is 94.2 Å². The minimum absolute atomic E-state index is 0.119. The van der Waals surface area contributed by atoms with Crippen molar-refractivity contribution in [2.45, 2.75) is 13.8 Å². The number of carbonyl (C=O) groups is 3. The van der Waals surface area contributed by atoms with Gasteiger partial charge in [0.25, 0.3) is 0 Å². The smallest absolute Gasteiger partial charge is 0.325 e. The maximum atomic E-state index is 12.5. The van der Waals surface area contributed by atoms with E-state index in [1.165, 1.54) is 0 Å². The first-order valence-electron chi connectivity index (χ1n) is 10.4. The number of hydrogen-bond acceptors (Lipinski definition) is 6. The molecule has 2 N–H and O–H groups in total. The van der Waals surface area contributed by atoms with Crippen LogP contribution in [0.3, 0.4) is 0 Å². The van der Waals surface area contributed by atoms with E-state index in [0.29, 0.717) is 51.6 Å². The van der Waals surface area contributed by atoms with Gasteiger partial charge in [0.2, 0.25) is 11.8 Å². The van der Waals surface area contributed by atoms with Crippen molar-refractivity contribution in [2.75, 3.05) is 70.9 Å². The van der Waals surface area contributed by atoms with Crippen LogP contribution >= 0.6 is 0 Å². The Balaban J connectivity index is 1.37. The van der Waals surface area contributed by atoms with Crippen molar-refractivity contribution in [1.82, 2.24) is 20.0 Å². The van der Waals surface area contributed by atoms with Crippen LogP contribution in [0.2, 0.25) is 0 Å². The van der Waals surface area contributed by atoms with E-state index >= 15 is 0 Å². The fourth-order valence-electron chi connectivity index (χ4n) is 3.68. The Bertz CT molecular complexity index is 771. The van der Waals surface area contributed by atoms with E-state index < -0.39 is 6.03 Å². The molecule has 2 fully saturated rings. The Morgan fingerprint density at radius 1 is 0.933 bits per heavy atom. The summed E-state index contributed by atoms with van der Waals surface area (Å²) in [5, 5.41) is 5.09. The van der Waals surface area contributed by atoms with Crippen molar-refractivity contribution in [3.05, 3.63) is 29.3 Å². The van der Waals surface area contributed by atoms with Crippen LogP contribution < -0.4 is 10.6 Å². The van der Waals surface area contributed by atoms with Gasteiger partial charge in [-0.2, -0.15) is 0 Å². The van der Waals surface area contributed by atoms with Gasteiger partial charge in [-0.1, -0.05) is 17.7 Å². The van der Waals surface area contributed by atoms with Gasteiger partial charge in [-0.05, 0) is 25.5 Å². The molecular weight excluding hydrogens is 386 g/mol. The number of benzene rings is 1. The highest BCUT2D eigenvalue weighted by Crippen LogP contribution is 2.15. The van der Waals surface area contributed by atoms with Gasteiger partial charge >= 0.3 is 6.03 Å². The highest BCUT2D eigenvalue weighted by molar-refractivity contribution is 6.02. The van der Waals surface area contributed by atoms with Gasteiger partial charge in [-0.3, -0.25) is 24.7 Å². The molecule has 0 spiro atoms. The lowest BCUT2D eigenvalue weighted by Gasteiger charge is -2.36. The van der Waals surface area contributed by atoms with E-state index in [0.717, 1.165) is 24.2 Å². The molecule has 9 nitrogen and oxygen atoms in total. The third kappa shape index (κ3) is 6.51. The SMILES string of the molecule is Cc1ccc(NC(=O)NC(=O)CN2CCN(C(=O)CN3CCOCC3)CC2)c(C)c1. The summed E-state index contributed by atoms with van der Waals surface area (Å²) < 4.78 is 5.31. The normalized spacial score (nSPS) is 18.1. The lowest BCUT2D eigenvalue weighted by atomic mass is 10.1. The Morgan fingerprint density at radius 3 is 2.27 bits per heavy atom. The van der Waals surface area contributed by atoms with Crippen LogP contribution in [0, 0.1) is 13.8 Å². The van der Waals surface area contributed by atoms with Crippen LogP contribution in [0.25, 0.3) is 0 Å². The summed E-state index contributed by atoms with van der Waals surface area (Å²) in [5.74, 6) is -0.237. The number of ether oxygens (including phenoxy) is 1. The molecule has 30 heavy (non-hydrogen) atoms. The fourth-order valence-corrected chi connectivity index (χ4v) is 3.68. The van der Waals surface area contributed by atoms with Gasteiger partial charge in [-0.25, -0.2) is 4.79 Å². The average molecular weight is 418 g/mol. The summed E-state index contributed by atoms with van der Waals surface area (Å²) in [4.78, 5) is 42.7. The molecular formula is C21H31N5O4. The number of anilines is 1. The van der Waals surface area contributed by atoms with E-state index in [1.807, 2.05) is 41.8 Å². The van der Waals surface area contributed by atoms with Crippen LogP contribution in [-0.2, 0) is 14.3 Å². The zero-order valence-electron chi connectivity index (χ0n) is 17.8. The standard InChI is InChI=1S/C21H31N5O4/c1-16-3-4-18(17(2)13-16)22-21(29)23-19(27)14-24-5-7-26(8-6-24)20(28)15-25-9-11-30-12-10-25/h3-4,13H,5-12,14-15H2,1-2H3,(H2,22,23,27,29). The molecule has 0 saturated carbocycles. The minimum atomic E-state index is -0.536. The molecule has 164 valence electrons. The van der Waals surface area contributed by atoms with Crippen LogP contribution in [0.5, 0.6) is 0 Å². The molecule has 2 heterocycles. The maximum absolute atomic E-state index is 12.5. The van der Waals surface area contributed by atoms with Crippen molar-refractivity contribution >= 4 is 23.5 Å². The number of aryl methyl sites for hydroxylation is 2. The summed E-state index contributed by atoms with van der Waals surface area (Å²) in [6, 6.07) is 5.16. The number of hydrogen-bond donors (Lipinski definition) is 2. The largest absolute Gasteiger partial charge is 0.379 e. The molecule has 0 aliphatic carbocycles. The minimum Gasteiger partial charge on any atom is -0.379 e. The molecule has 0 aromatic heterocycles. The lowest BCUT2D eigenvalue weighted by molar-refractivity contribution is -0.135. The molecule has 9 heteroatoms. The lowest BCUT2D eigenvalue weighted by Crippen LogP contribution is -2.54. The Morgan fingerprint density at radius 2 is 1.60 bits per heavy atom. The summed E-state index contributed by atoms with van der Waals surface area (Å²) in [7, 11) is 0. The number of nitrogens with zero attached hydrogens (tertiary/aromatic N) is 3. The van der Waals surface area contributed by atoms with Crippen molar-refractivity contribution in [2.24, 2.45) is 0 Å². The molecule has 1 aromatic carbocycles. The number of carbonyl (C=O) groups excluding carboxylic acids is 3. The summed E-state index contributed by atoms with van der Waals surface area (Å²) in [6.07, 6.45) is 0. The van der Waals surface area contributed by atoms with Crippen molar-refractivity contribution in [3.8, 4) is 0 Å². The average Bonchev–Trinajstić information content (AvgIpc) is 2.71. The second-order valence-electron chi connectivity index (χ2n) is 7.87. The Labute approximate surface area is 177 Å². The first-order chi connectivity index (χ1) is 14.4. The molecule has 1 aromatic rings. The van der Waals surface area contributed by atoms with Gasteiger partial charge < -0.3 is 15.0 Å². The first kappa shape index (κ1) is 22.2. The summed E-state index contributed by atoms with van der Waals surface area (Å²) in [6.45, 7) is 9.76. The molecule has 3 rings (SSSR count). The van der Waals surface area contributed by atoms with Crippen LogP contribution in [0.15, 0.2) is 18.2 Å². The highest BCUT2D eigenvalue weighted by atomic mass is 16.5. The van der Waals surface area contributed by atoms with Crippen LogP contribution in [0.4, 0.5) is 10.5 Å². The third-order valence-corrected chi connectivity index (χ3v) is 5.44. The van der Waals surface area contributed by atoms with E-state index in [1.54, 1.807) is 0 Å². The number of imide groups is 1. The van der Waals surface area contributed by atoms with Crippen LogP contribution in [-0.4, -0.2) is 98.1 Å². The van der Waals surface area contributed by atoms with Crippen molar-refractivity contribution in [1.29, 1.82) is 0 Å².